The second kappa shape index (κ2) is 8.49. The molecule has 0 fully saturated rings. The molecule has 0 spiro atoms. The van der Waals surface area contributed by atoms with E-state index in [0.29, 0.717) is 12.0 Å². The first-order valence-electron chi connectivity index (χ1n) is 8.08. The maximum Gasteiger partial charge on any atom is 0.408 e. The fraction of sp³-hybridized carbons (Fsp3) is 0.500. The maximum atomic E-state index is 12.3. The molecule has 1 aromatic carbocycles. The average Bonchev–Trinajstić information content (AvgIpc) is 2.49. The van der Waals surface area contributed by atoms with Crippen LogP contribution in [0.3, 0.4) is 0 Å². The van der Waals surface area contributed by atoms with Crippen molar-refractivity contribution in [1.82, 2.24) is 5.32 Å². The number of aryl methyl sites for hydroxylation is 1. The number of hydrogen-bond donors (Lipinski definition) is 1. The minimum Gasteiger partial charge on any atom is -0.444 e. The highest BCUT2D eigenvalue weighted by atomic mass is 32.2. The van der Waals surface area contributed by atoms with Crippen LogP contribution >= 0.6 is 0 Å². The highest BCUT2D eigenvalue weighted by molar-refractivity contribution is 7.86. The van der Waals surface area contributed by atoms with E-state index in [2.05, 4.69) is 11.9 Å². The number of hydrogen-bond acceptors (Lipinski definition) is 5. The van der Waals surface area contributed by atoms with Crippen LogP contribution in [0.25, 0.3) is 0 Å². The summed E-state index contributed by atoms with van der Waals surface area (Å²) in [5, 5.41) is 2.61. The van der Waals surface area contributed by atoms with Crippen LogP contribution in [0.2, 0.25) is 0 Å². The molecule has 140 valence electrons. The Morgan fingerprint density at radius 2 is 1.80 bits per heavy atom. The van der Waals surface area contributed by atoms with Gasteiger partial charge in [-0.1, -0.05) is 36.8 Å². The standard InChI is InChI=1S/C18H27NO5S/c1-7-14(3)16(19-17(20)24-18(4,5)6)12-23-25(21,22)15-10-8-13(2)9-11-15/h8-11,16H,3,7,12H2,1-2,4-6H3,(H,19,20). The van der Waals surface area contributed by atoms with Gasteiger partial charge >= 0.3 is 6.09 Å². The van der Waals surface area contributed by atoms with Crippen LogP contribution in [-0.4, -0.2) is 32.8 Å². The van der Waals surface area contributed by atoms with E-state index in [9.17, 15) is 13.2 Å². The lowest BCUT2D eigenvalue weighted by Gasteiger charge is -2.24. The van der Waals surface area contributed by atoms with Gasteiger partial charge in [0.15, 0.2) is 0 Å². The summed E-state index contributed by atoms with van der Waals surface area (Å²) in [6.45, 7) is 12.6. The van der Waals surface area contributed by atoms with Gasteiger partial charge in [0.05, 0.1) is 17.5 Å². The third kappa shape index (κ3) is 7.27. The van der Waals surface area contributed by atoms with Crippen molar-refractivity contribution < 1.29 is 22.1 Å². The van der Waals surface area contributed by atoms with Crippen molar-refractivity contribution in [1.29, 1.82) is 0 Å². The number of nitrogens with one attached hydrogen (secondary N) is 1. The predicted molar refractivity (Wildman–Crippen MR) is 96.9 cm³/mol. The summed E-state index contributed by atoms with van der Waals surface area (Å²) in [5.74, 6) is 0. The van der Waals surface area contributed by atoms with Crippen molar-refractivity contribution in [2.75, 3.05) is 6.61 Å². The summed E-state index contributed by atoms with van der Waals surface area (Å²) in [4.78, 5) is 12.0. The summed E-state index contributed by atoms with van der Waals surface area (Å²) >= 11 is 0. The van der Waals surface area contributed by atoms with E-state index in [0.717, 1.165) is 5.56 Å². The van der Waals surface area contributed by atoms with Gasteiger partial charge in [-0.3, -0.25) is 4.18 Å². The Bertz CT molecular complexity index is 702. The normalized spacial score (nSPS) is 13.2. The van der Waals surface area contributed by atoms with Crippen molar-refractivity contribution in [3.8, 4) is 0 Å². The Kier molecular flexibility index (Phi) is 7.19. The fourth-order valence-corrected chi connectivity index (χ4v) is 2.81. The molecule has 0 saturated carbocycles. The molecule has 0 aliphatic rings. The maximum absolute atomic E-state index is 12.3. The summed E-state index contributed by atoms with van der Waals surface area (Å²) in [6.07, 6.45) is -0.0857. The second-order valence-electron chi connectivity index (χ2n) is 6.76. The summed E-state index contributed by atoms with van der Waals surface area (Å²) in [5.41, 5.74) is 0.935. The zero-order valence-electron chi connectivity index (χ0n) is 15.5. The van der Waals surface area contributed by atoms with Crippen molar-refractivity contribution in [3.63, 3.8) is 0 Å². The van der Waals surface area contributed by atoms with E-state index in [1.165, 1.54) is 12.1 Å². The zero-order valence-corrected chi connectivity index (χ0v) is 16.3. The number of ether oxygens (including phenoxy) is 1. The first-order valence-corrected chi connectivity index (χ1v) is 9.48. The Hall–Kier alpha value is -1.86. The highest BCUT2D eigenvalue weighted by Crippen LogP contribution is 2.16. The lowest BCUT2D eigenvalue weighted by atomic mass is 10.1. The summed E-state index contributed by atoms with van der Waals surface area (Å²) in [6, 6.07) is 5.68. The van der Waals surface area contributed by atoms with E-state index in [1.54, 1.807) is 32.9 Å². The minimum absolute atomic E-state index is 0.0660. The topological polar surface area (TPSA) is 81.7 Å². The van der Waals surface area contributed by atoms with Crippen LogP contribution < -0.4 is 5.32 Å². The van der Waals surface area contributed by atoms with Crippen molar-refractivity contribution in [2.45, 2.75) is 57.6 Å². The van der Waals surface area contributed by atoms with E-state index >= 15 is 0 Å². The molecule has 0 bridgehead atoms. The van der Waals surface area contributed by atoms with E-state index in [1.807, 2.05) is 13.8 Å². The number of amides is 1. The van der Waals surface area contributed by atoms with Gasteiger partial charge in [-0.2, -0.15) is 8.42 Å². The predicted octanol–water partition coefficient (Wildman–Crippen LogP) is 3.56. The molecule has 0 radical (unpaired) electrons. The van der Waals surface area contributed by atoms with Crippen molar-refractivity contribution in [2.24, 2.45) is 0 Å². The average molecular weight is 369 g/mol. The van der Waals surface area contributed by atoms with Gasteiger partial charge in [0.25, 0.3) is 10.1 Å². The lowest BCUT2D eigenvalue weighted by Crippen LogP contribution is -2.42. The molecule has 0 aliphatic heterocycles. The minimum atomic E-state index is -3.92. The smallest absolute Gasteiger partial charge is 0.408 e. The molecule has 1 aromatic rings. The Morgan fingerprint density at radius 1 is 1.24 bits per heavy atom. The largest absolute Gasteiger partial charge is 0.444 e. The molecule has 0 heterocycles. The monoisotopic (exact) mass is 369 g/mol. The molecule has 1 unspecified atom stereocenters. The SMILES string of the molecule is C=C(CC)C(COS(=O)(=O)c1ccc(C)cc1)NC(=O)OC(C)(C)C. The van der Waals surface area contributed by atoms with E-state index in [4.69, 9.17) is 8.92 Å². The molecule has 1 N–H and O–H groups in total. The Morgan fingerprint density at radius 3 is 2.28 bits per heavy atom. The first-order chi connectivity index (χ1) is 11.4. The van der Waals surface area contributed by atoms with Gasteiger partial charge in [0.1, 0.15) is 5.60 Å². The highest BCUT2D eigenvalue weighted by Gasteiger charge is 2.23. The van der Waals surface area contributed by atoms with Crippen LogP contribution in [0.15, 0.2) is 41.3 Å². The molecular formula is C18H27NO5S. The molecule has 0 aromatic heterocycles. The van der Waals surface area contributed by atoms with Gasteiger partial charge in [0, 0.05) is 0 Å². The molecular weight excluding hydrogens is 342 g/mol. The Labute approximate surface area is 150 Å². The molecule has 1 amide bonds. The van der Waals surface area contributed by atoms with Crippen LogP contribution in [0, 0.1) is 6.92 Å². The number of rotatable bonds is 7. The molecule has 1 atom stereocenters. The second-order valence-corrected chi connectivity index (χ2v) is 8.38. The third-order valence-corrected chi connectivity index (χ3v) is 4.63. The van der Waals surface area contributed by atoms with Gasteiger partial charge in [-0.25, -0.2) is 4.79 Å². The Balaban J connectivity index is 2.80. The van der Waals surface area contributed by atoms with Crippen LogP contribution in [0.1, 0.15) is 39.7 Å². The molecule has 7 heteroatoms. The number of carbonyl (C=O) groups excluding carboxylic acids is 1. The summed E-state index contributed by atoms with van der Waals surface area (Å²) in [7, 11) is -3.92. The lowest BCUT2D eigenvalue weighted by molar-refractivity contribution is 0.0498. The fourth-order valence-electron chi connectivity index (χ4n) is 1.89. The van der Waals surface area contributed by atoms with Crippen LogP contribution in [0.5, 0.6) is 0 Å². The van der Waals surface area contributed by atoms with Gasteiger partial charge in [-0.05, 0) is 46.2 Å². The number of benzene rings is 1. The quantitative estimate of drug-likeness (QED) is 0.587. The molecule has 25 heavy (non-hydrogen) atoms. The van der Waals surface area contributed by atoms with Crippen molar-refractivity contribution >= 4 is 16.2 Å². The van der Waals surface area contributed by atoms with E-state index < -0.39 is 27.9 Å². The van der Waals surface area contributed by atoms with Gasteiger partial charge in [0.2, 0.25) is 0 Å². The molecule has 1 rings (SSSR count). The first kappa shape index (κ1) is 21.2. The van der Waals surface area contributed by atoms with Crippen LogP contribution in [-0.2, 0) is 19.0 Å². The third-order valence-electron chi connectivity index (χ3n) is 3.34. The number of alkyl carbamates (subject to hydrolysis) is 1. The van der Waals surface area contributed by atoms with E-state index in [-0.39, 0.29) is 11.5 Å². The molecule has 0 saturated heterocycles. The molecule has 6 nitrogen and oxygen atoms in total. The van der Waals surface area contributed by atoms with Crippen LogP contribution in [0.4, 0.5) is 4.79 Å². The summed E-state index contributed by atoms with van der Waals surface area (Å²) < 4.78 is 34.9. The number of carbonyl (C=O) groups is 1. The zero-order chi connectivity index (χ0) is 19.3. The van der Waals surface area contributed by atoms with Gasteiger partial charge in [-0.15, -0.1) is 0 Å². The molecule has 0 aliphatic carbocycles. The van der Waals surface area contributed by atoms with Gasteiger partial charge < -0.3 is 10.1 Å². The van der Waals surface area contributed by atoms with Crippen molar-refractivity contribution in [3.05, 3.63) is 42.0 Å².